The third kappa shape index (κ3) is 2.25. The van der Waals surface area contributed by atoms with E-state index in [9.17, 15) is 4.39 Å². The van der Waals surface area contributed by atoms with Gasteiger partial charge in [0.15, 0.2) is 0 Å². The first-order chi connectivity index (χ1) is 8.65. The molecule has 0 aliphatic heterocycles. The molecule has 1 aliphatic rings. The molecule has 0 bridgehead atoms. The average Bonchev–Trinajstić information content (AvgIpc) is 3.17. The van der Waals surface area contributed by atoms with Gasteiger partial charge in [-0.1, -0.05) is 41.4 Å². The Bertz CT molecular complexity index is 603. The van der Waals surface area contributed by atoms with Gasteiger partial charge in [-0.2, -0.15) is 0 Å². The fourth-order valence-electron chi connectivity index (χ4n) is 2.10. The summed E-state index contributed by atoms with van der Waals surface area (Å²) in [6.45, 7) is 0. The number of hydrogen-bond donors (Lipinski definition) is 0. The third-order valence-electron chi connectivity index (χ3n) is 3.27. The Morgan fingerprint density at radius 2 is 1.72 bits per heavy atom. The monoisotopic (exact) mass is 280 g/mol. The molecule has 0 N–H and O–H groups in total. The first-order valence-electron chi connectivity index (χ1n) is 5.90. The summed E-state index contributed by atoms with van der Waals surface area (Å²) in [4.78, 5) is 0. The molecule has 0 atom stereocenters. The minimum absolute atomic E-state index is 0.196. The molecule has 1 aliphatic carbocycles. The van der Waals surface area contributed by atoms with Crippen LogP contribution in [0.4, 0.5) is 4.39 Å². The molecule has 3 heteroatoms. The van der Waals surface area contributed by atoms with Gasteiger partial charge in [-0.15, -0.1) is 0 Å². The Morgan fingerprint density at radius 1 is 0.944 bits per heavy atom. The maximum absolute atomic E-state index is 14.1. The molecule has 0 amide bonds. The van der Waals surface area contributed by atoms with Crippen molar-refractivity contribution in [1.29, 1.82) is 0 Å². The minimum atomic E-state index is -0.196. The predicted molar refractivity (Wildman–Crippen MR) is 73.8 cm³/mol. The van der Waals surface area contributed by atoms with Crippen molar-refractivity contribution in [3.63, 3.8) is 0 Å². The molecule has 1 saturated carbocycles. The molecule has 0 heterocycles. The van der Waals surface area contributed by atoms with Crippen molar-refractivity contribution >= 4 is 23.2 Å². The summed E-state index contributed by atoms with van der Waals surface area (Å²) >= 11 is 11.8. The highest BCUT2D eigenvalue weighted by Crippen LogP contribution is 2.41. The lowest BCUT2D eigenvalue weighted by atomic mass is 10.0. The van der Waals surface area contributed by atoms with E-state index >= 15 is 0 Å². The molecule has 0 nitrogen and oxygen atoms in total. The van der Waals surface area contributed by atoms with Crippen LogP contribution in [0.2, 0.25) is 10.0 Å². The van der Waals surface area contributed by atoms with Crippen LogP contribution in [0, 0.1) is 5.82 Å². The van der Waals surface area contributed by atoms with Crippen molar-refractivity contribution < 1.29 is 4.39 Å². The summed E-state index contributed by atoms with van der Waals surface area (Å²) < 4.78 is 14.1. The van der Waals surface area contributed by atoms with Crippen LogP contribution in [0.1, 0.15) is 24.3 Å². The lowest BCUT2D eigenvalue weighted by molar-refractivity contribution is 0.629. The van der Waals surface area contributed by atoms with Crippen LogP contribution in [-0.2, 0) is 0 Å². The molecule has 1 fully saturated rings. The molecule has 2 aromatic carbocycles. The van der Waals surface area contributed by atoms with E-state index in [0.29, 0.717) is 21.5 Å². The van der Waals surface area contributed by atoms with E-state index < -0.39 is 0 Å². The predicted octanol–water partition coefficient (Wildman–Crippen LogP) is 5.68. The van der Waals surface area contributed by atoms with Gasteiger partial charge in [-0.3, -0.25) is 0 Å². The topological polar surface area (TPSA) is 0 Å². The van der Waals surface area contributed by atoms with E-state index in [1.165, 1.54) is 12.8 Å². The molecule has 92 valence electrons. The number of halogens is 3. The lowest BCUT2D eigenvalue weighted by Gasteiger charge is -2.07. The van der Waals surface area contributed by atoms with Crippen LogP contribution in [-0.4, -0.2) is 0 Å². The Balaban J connectivity index is 2.02. The molecule has 0 spiro atoms. The van der Waals surface area contributed by atoms with E-state index in [0.717, 1.165) is 11.1 Å². The smallest absolute Gasteiger partial charge is 0.131 e. The van der Waals surface area contributed by atoms with Crippen LogP contribution in [0.5, 0.6) is 0 Å². The van der Waals surface area contributed by atoms with Gasteiger partial charge in [0.25, 0.3) is 0 Å². The van der Waals surface area contributed by atoms with Crippen molar-refractivity contribution in [1.82, 2.24) is 0 Å². The van der Waals surface area contributed by atoms with Gasteiger partial charge in [-0.05, 0) is 48.1 Å². The summed E-state index contributed by atoms with van der Waals surface area (Å²) in [5, 5.41) is 0.926. The normalized spacial score (nSPS) is 14.8. The largest absolute Gasteiger partial charge is 0.206 e. The second kappa shape index (κ2) is 4.56. The van der Waals surface area contributed by atoms with Crippen molar-refractivity contribution in [2.45, 2.75) is 18.8 Å². The maximum Gasteiger partial charge on any atom is 0.131 e. The van der Waals surface area contributed by atoms with Crippen molar-refractivity contribution in [3.05, 3.63) is 57.8 Å². The minimum Gasteiger partial charge on any atom is -0.206 e. The van der Waals surface area contributed by atoms with Gasteiger partial charge in [0.1, 0.15) is 5.82 Å². The maximum atomic E-state index is 14.1. The standard InChI is InChI=1S/C15H11Cl2F/c16-13-6-4-11(7-14(13)17)12-5-3-10(8-15(12)18)9-1-2-9/h3-9H,1-2H2. The van der Waals surface area contributed by atoms with Gasteiger partial charge in [0, 0.05) is 5.56 Å². The zero-order chi connectivity index (χ0) is 12.7. The number of rotatable bonds is 2. The van der Waals surface area contributed by atoms with E-state index in [2.05, 4.69) is 0 Å². The van der Waals surface area contributed by atoms with Crippen molar-refractivity contribution in [3.8, 4) is 11.1 Å². The highest BCUT2D eigenvalue weighted by molar-refractivity contribution is 6.42. The highest BCUT2D eigenvalue weighted by atomic mass is 35.5. The first kappa shape index (κ1) is 12.0. The van der Waals surface area contributed by atoms with Crippen molar-refractivity contribution in [2.75, 3.05) is 0 Å². The molecular weight excluding hydrogens is 270 g/mol. The second-order valence-corrected chi connectivity index (χ2v) is 5.46. The highest BCUT2D eigenvalue weighted by Gasteiger charge is 2.24. The quantitative estimate of drug-likeness (QED) is 0.664. The van der Waals surface area contributed by atoms with E-state index in [1.54, 1.807) is 24.3 Å². The van der Waals surface area contributed by atoms with Gasteiger partial charge < -0.3 is 0 Å². The van der Waals surface area contributed by atoms with Crippen LogP contribution in [0.25, 0.3) is 11.1 Å². The number of hydrogen-bond acceptors (Lipinski definition) is 0. The molecule has 0 unspecified atom stereocenters. The summed E-state index contributed by atoms with van der Waals surface area (Å²) in [6, 6.07) is 10.6. The molecular formula is C15H11Cl2F. The summed E-state index contributed by atoms with van der Waals surface area (Å²) in [6.07, 6.45) is 2.34. The Hall–Kier alpha value is -1.05. The zero-order valence-corrected chi connectivity index (χ0v) is 11.1. The molecule has 3 rings (SSSR count). The van der Waals surface area contributed by atoms with E-state index in [-0.39, 0.29) is 5.82 Å². The van der Waals surface area contributed by atoms with E-state index in [1.807, 2.05) is 12.1 Å². The Kier molecular flexibility index (Phi) is 3.04. The van der Waals surface area contributed by atoms with Gasteiger partial charge in [-0.25, -0.2) is 4.39 Å². The van der Waals surface area contributed by atoms with Crippen LogP contribution in [0.3, 0.4) is 0 Å². The fraction of sp³-hybridized carbons (Fsp3) is 0.200. The first-order valence-corrected chi connectivity index (χ1v) is 6.65. The zero-order valence-electron chi connectivity index (χ0n) is 9.59. The van der Waals surface area contributed by atoms with Gasteiger partial charge in [0.2, 0.25) is 0 Å². The summed E-state index contributed by atoms with van der Waals surface area (Å²) in [7, 11) is 0. The molecule has 0 radical (unpaired) electrons. The average molecular weight is 281 g/mol. The Morgan fingerprint density at radius 3 is 2.33 bits per heavy atom. The van der Waals surface area contributed by atoms with Gasteiger partial charge in [0.05, 0.1) is 10.0 Å². The third-order valence-corrected chi connectivity index (χ3v) is 4.01. The van der Waals surface area contributed by atoms with Crippen molar-refractivity contribution in [2.24, 2.45) is 0 Å². The summed E-state index contributed by atoms with van der Waals surface area (Å²) in [5.41, 5.74) is 2.42. The Labute approximate surface area is 115 Å². The lowest BCUT2D eigenvalue weighted by Crippen LogP contribution is -1.88. The fourth-order valence-corrected chi connectivity index (χ4v) is 2.40. The second-order valence-electron chi connectivity index (χ2n) is 4.64. The molecule has 18 heavy (non-hydrogen) atoms. The van der Waals surface area contributed by atoms with E-state index in [4.69, 9.17) is 23.2 Å². The number of benzene rings is 2. The summed E-state index contributed by atoms with van der Waals surface area (Å²) in [5.74, 6) is 0.361. The van der Waals surface area contributed by atoms with Crippen LogP contribution < -0.4 is 0 Å². The van der Waals surface area contributed by atoms with Crippen LogP contribution >= 0.6 is 23.2 Å². The molecule has 2 aromatic rings. The molecule has 0 saturated heterocycles. The molecule has 0 aromatic heterocycles. The van der Waals surface area contributed by atoms with Gasteiger partial charge >= 0.3 is 0 Å². The SMILES string of the molecule is Fc1cc(C2CC2)ccc1-c1ccc(Cl)c(Cl)c1. The van der Waals surface area contributed by atoms with Crippen LogP contribution in [0.15, 0.2) is 36.4 Å².